The molecule has 1 atom stereocenters. The van der Waals surface area contributed by atoms with Crippen molar-refractivity contribution >= 4 is 21.7 Å². The van der Waals surface area contributed by atoms with Gasteiger partial charge in [-0.25, -0.2) is 4.98 Å². The van der Waals surface area contributed by atoms with Crippen molar-refractivity contribution in [3.8, 4) is 0 Å². The molecule has 4 heteroatoms. The van der Waals surface area contributed by atoms with Crippen molar-refractivity contribution in [2.75, 3.05) is 11.9 Å². The summed E-state index contributed by atoms with van der Waals surface area (Å²) in [5.74, 6) is 1.06. The Morgan fingerprint density at radius 3 is 2.67 bits per heavy atom. The van der Waals surface area contributed by atoms with Crippen LogP contribution >= 0.6 is 15.9 Å². The van der Waals surface area contributed by atoms with E-state index >= 15 is 0 Å². The normalized spacial score (nSPS) is 12.9. The van der Waals surface area contributed by atoms with E-state index in [2.05, 4.69) is 26.2 Å². The van der Waals surface area contributed by atoms with Gasteiger partial charge < -0.3 is 10.4 Å². The summed E-state index contributed by atoms with van der Waals surface area (Å²) in [6.45, 7) is 6.46. The van der Waals surface area contributed by atoms with Crippen molar-refractivity contribution in [2.24, 2.45) is 5.92 Å². The molecule has 15 heavy (non-hydrogen) atoms. The fourth-order valence-electron chi connectivity index (χ4n) is 1.09. The van der Waals surface area contributed by atoms with Crippen LogP contribution in [0.1, 0.15) is 19.5 Å². The van der Waals surface area contributed by atoms with Gasteiger partial charge in [0, 0.05) is 11.0 Å². The minimum atomic E-state index is -0.337. The molecule has 0 aromatic carbocycles. The molecule has 0 amide bonds. The molecule has 2 N–H and O–H groups in total. The summed E-state index contributed by atoms with van der Waals surface area (Å²) in [5, 5.41) is 12.7. The van der Waals surface area contributed by atoms with Crippen LogP contribution in [0.4, 0.5) is 5.82 Å². The number of aliphatic hydroxyl groups excluding tert-OH is 1. The SMILES string of the molecule is Cc1nc(NCC(O)C(C)C)ccc1Br. The van der Waals surface area contributed by atoms with Crippen molar-refractivity contribution in [2.45, 2.75) is 26.9 Å². The first-order valence-corrected chi connectivity index (χ1v) is 5.85. The fourth-order valence-corrected chi connectivity index (χ4v) is 1.31. The van der Waals surface area contributed by atoms with Crippen LogP contribution in [0.2, 0.25) is 0 Å². The lowest BCUT2D eigenvalue weighted by Crippen LogP contribution is -2.25. The Morgan fingerprint density at radius 2 is 2.13 bits per heavy atom. The van der Waals surface area contributed by atoms with Crippen molar-refractivity contribution in [1.82, 2.24) is 4.98 Å². The largest absolute Gasteiger partial charge is 0.391 e. The zero-order chi connectivity index (χ0) is 11.4. The van der Waals surface area contributed by atoms with Crippen molar-refractivity contribution in [3.05, 3.63) is 22.3 Å². The summed E-state index contributed by atoms with van der Waals surface area (Å²) in [7, 11) is 0. The van der Waals surface area contributed by atoms with Crippen LogP contribution in [0.3, 0.4) is 0 Å². The first kappa shape index (κ1) is 12.5. The maximum absolute atomic E-state index is 9.61. The third kappa shape index (κ3) is 3.80. The van der Waals surface area contributed by atoms with Gasteiger partial charge in [-0.05, 0) is 40.9 Å². The Morgan fingerprint density at radius 1 is 1.47 bits per heavy atom. The molecule has 84 valence electrons. The van der Waals surface area contributed by atoms with E-state index in [0.717, 1.165) is 16.0 Å². The molecule has 0 saturated heterocycles. The lowest BCUT2D eigenvalue weighted by Gasteiger charge is -2.15. The van der Waals surface area contributed by atoms with Crippen molar-refractivity contribution < 1.29 is 5.11 Å². The molecule has 0 spiro atoms. The van der Waals surface area contributed by atoms with Gasteiger partial charge in [-0.3, -0.25) is 0 Å². The lowest BCUT2D eigenvalue weighted by atomic mass is 10.1. The number of nitrogens with zero attached hydrogens (tertiary/aromatic N) is 1. The van der Waals surface area contributed by atoms with E-state index < -0.39 is 0 Å². The molecule has 1 rings (SSSR count). The highest BCUT2D eigenvalue weighted by Gasteiger charge is 2.08. The number of aromatic nitrogens is 1. The monoisotopic (exact) mass is 272 g/mol. The van der Waals surface area contributed by atoms with E-state index in [4.69, 9.17) is 0 Å². The van der Waals surface area contributed by atoms with Crippen LogP contribution in [-0.2, 0) is 0 Å². The van der Waals surface area contributed by atoms with E-state index in [0.29, 0.717) is 6.54 Å². The van der Waals surface area contributed by atoms with Crippen LogP contribution in [0.15, 0.2) is 16.6 Å². The molecular formula is C11H17BrN2O. The van der Waals surface area contributed by atoms with Gasteiger partial charge in [0.1, 0.15) is 5.82 Å². The summed E-state index contributed by atoms with van der Waals surface area (Å²) in [4.78, 5) is 4.33. The summed E-state index contributed by atoms with van der Waals surface area (Å²) in [5.41, 5.74) is 0.944. The summed E-state index contributed by atoms with van der Waals surface area (Å²) >= 11 is 3.39. The van der Waals surface area contributed by atoms with E-state index in [1.165, 1.54) is 0 Å². The number of aryl methyl sites for hydroxylation is 1. The third-order valence-corrected chi connectivity index (χ3v) is 3.12. The van der Waals surface area contributed by atoms with Crippen molar-refractivity contribution in [3.63, 3.8) is 0 Å². The molecule has 0 bridgehead atoms. The number of halogens is 1. The van der Waals surface area contributed by atoms with Gasteiger partial charge >= 0.3 is 0 Å². The number of nitrogens with one attached hydrogen (secondary N) is 1. The Labute approximate surface area is 99.1 Å². The predicted molar refractivity (Wildman–Crippen MR) is 66.0 cm³/mol. The minimum absolute atomic E-state index is 0.258. The predicted octanol–water partition coefficient (Wildman–Crippen LogP) is 2.58. The topological polar surface area (TPSA) is 45.2 Å². The molecule has 1 aromatic rings. The fraction of sp³-hybridized carbons (Fsp3) is 0.545. The third-order valence-electron chi connectivity index (χ3n) is 2.28. The van der Waals surface area contributed by atoms with Gasteiger partial charge in [0.2, 0.25) is 0 Å². The van der Waals surface area contributed by atoms with E-state index in [9.17, 15) is 5.11 Å². The standard InChI is InChI=1S/C11H17BrN2O/c1-7(2)10(15)6-13-11-5-4-9(12)8(3)14-11/h4-5,7,10,15H,6H2,1-3H3,(H,13,14). The van der Waals surface area contributed by atoms with Gasteiger partial charge in [0.05, 0.1) is 11.8 Å². The maximum atomic E-state index is 9.61. The average Bonchev–Trinajstić information content (AvgIpc) is 2.19. The summed E-state index contributed by atoms with van der Waals surface area (Å²) in [6, 6.07) is 3.84. The second-order valence-corrected chi connectivity index (χ2v) is 4.81. The number of hydrogen-bond donors (Lipinski definition) is 2. The summed E-state index contributed by atoms with van der Waals surface area (Å²) in [6.07, 6.45) is -0.337. The average molecular weight is 273 g/mol. The smallest absolute Gasteiger partial charge is 0.126 e. The van der Waals surface area contributed by atoms with Crippen LogP contribution in [-0.4, -0.2) is 22.7 Å². The Bertz CT molecular complexity index is 328. The highest BCUT2D eigenvalue weighted by atomic mass is 79.9. The quantitative estimate of drug-likeness (QED) is 0.886. The molecule has 3 nitrogen and oxygen atoms in total. The molecule has 0 aliphatic rings. The van der Waals surface area contributed by atoms with Crippen LogP contribution in [0.25, 0.3) is 0 Å². The van der Waals surface area contributed by atoms with Gasteiger partial charge in [0.15, 0.2) is 0 Å². The maximum Gasteiger partial charge on any atom is 0.126 e. The van der Waals surface area contributed by atoms with Crippen LogP contribution in [0.5, 0.6) is 0 Å². The lowest BCUT2D eigenvalue weighted by molar-refractivity contribution is 0.138. The Balaban J connectivity index is 2.55. The van der Waals surface area contributed by atoms with Crippen LogP contribution in [0, 0.1) is 12.8 Å². The Kier molecular flexibility index (Phi) is 4.54. The number of aliphatic hydroxyl groups is 1. The van der Waals surface area contributed by atoms with Crippen molar-refractivity contribution in [1.29, 1.82) is 0 Å². The van der Waals surface area contributed by atoms with Crippen LogP contribution < -0.4 is 5.32 Å². The molecule has 0 saturated carbocycles. The van der Waals surface area contributed by atoms with Gasteiger partial charge in [-0.2, -0.15) is 0 Å². The van der Waals surface area contributed by atoms with Gasteiger partial charge in [-0.15, -0.1) is 0 Å². The number of pyridine rings is 1. The number of rotatable bonds is 4. The van der Waals surface area contributed by atoms with E-state index in [-0.39, 0.29) is 12.0 Å². The van der Waals surface area contributed by atoms with Gasteiger partial charge in [0.25, 0.3) is 0 Å². The first-order chi connectivity index (χ1) is 7.00. The molecule has 1 aromatic heterocycles. The summed E-state index contributed by atoms with van der Waals surface area (Å²) < 4.78 is 0.998. The van der Waals surface area contributed by atoms with E-state index in [1.54, 1.807) is 0 Å². The Hall–Kier alpha value is -0.610. The minimum Gasteiger partial charge on any atom is -0.391 e. The van der Waals surface area contributed by atoms with E-state index in [1.807, 2.05) is 32.9 Å². The molecular weight excluding hydrogens is 256 g/mol. The molecule has 0 aliphatic heterocycles. The van der Waals surface area contributed by atoms with Gasteiger partial charge in [-0.1, -0.05) is 13.8 Å². The molecule has 0 radical (unpaired) electrons. The first-order valence-electron chi connectivity index (χ1n) is 5.05. The molecule has 1 heterocycles. The highest BCUT2D eigenvalue weighted by molar-refractivity contribution is 9.10. The number of anilines is 1. The zero-order valence-electron chi connectivity index (χ0n) is 9.29. The molecule has 0 aliphatic carbocycles. The highest BCUT2D eigenvalue weighted by Crippen LogP contribution is 2.16. The second-order valence-electron chi connectivity index (χ2n) is 3.96. The molecule has 0 fully saturated rings. The number of hydrogen-bond acceptors (Lipinski definition) is 3. The molecule has 1 unspecified atom stereocenters. The zero-order valence-corrected chi connectivity index (χ0v) is 10.9. The second kappa shape index (κ2) is 5.47.